The summed E-state index contributed by atoms with van der Waals surface area (Å²) in [5, 5.41) is 0. The van der Waals surface area contributed by atoms with E-state index < -0.39 is 0 Å². The molecule has 4 heteroatoms. The first-order valence-electron chi connectivity index (χ1n) is 5.20. The predicted octanol–water partition coefficient (Wildman–Crippen LogP) is 1.90. The molecule has 0 fully saturated rings. The number of nitrogens with zero attached hydrogens (tertiary/aromatic N) is 2. The summed E-state index contributed by atoms with van der Waals surface area (Å²) in [4.78, 5) is 3.96. The van der Waals surface area contributed by atoms with Gasteiger partial charge in [-0.15, -0.1) is 0 Å². The van der Waals surface area contributed by atoms with Gasteiger partial charge >= 0.3 is 0 Å². The Labute approximate surface area is 93.7 Å². The lowest BCUT2D eigenvalue weighted by Gasteiger charge is -2.13. The molecule has 0 aliphatic carbocycles. The van der Waals surface area contributed by atoms with Gasteiger partial charge in [0.1, 0.15) is 5.82 Å². The van der Waals surface area contributed by atoms with E-state index in [4.69, 9.17) is 5.73 Å². The van der Waals surface area contributed by atoms with Crippen LogP contribution in [-0.4, -0.2) is 15.6 Å². The van der Waals surface area contributed by atoms with Gasteiger partial charge in [-0.2, -0.15) is 0 Å². The summed E-state index contributed by atoms with van der Waals surface area (Å²) >= 11 is 0. The third-order valence-electron chi connectivity index (χ3n) is 2.40. The molecule has 3 nitrogen and oxygen atoms in total. The van der Waals surface area contributed by atoms with Gasteiger partial charge in [-0.1, -0.05) is 6.07 Å². The molecule has 2 rings (SSSR count). The Morgan fingerprint density at radius 1 is 1.50 bits per heavy atom. The summed E-state index contributed by atoms with van der Waals surface area (Å²) in [5.74, 6) is -0.219. The van der Waals surface area contributed by atoms with Gasteiger partial charge in [0.05, 0.1) is 12.0 Å². The van der Waals surface area contributed by atoms with Crippen LogP contribution in [0.15, 0.2) is 36.9 Å². The second-order valence-corrected chi connectivity index (χ2v) is 3.89. The van der Waals surface area contributed by atoms with E-state index in [0.29, 0.717) is 12.0 Å². The largest absolute Gasteiger partial charge is 0.328 e. The van der Waals surface area contributed by atoms with E-state index in [1.165, 1.54) is 6.07 Å². The van der Waals surface area contributed by atoms with Crippen LogP contribution in [0.3, 0.4) is 0 Å². The van der Waals surface area contributed by atoms with Crippen LogP contribution in [0.1, 0.15) is 12.5 Å². The van der Waals surface area contributed by atoms with Crippen molar-refractivity contribution in [1.82, 2.24) is 9.55 Å². The minimum Gasteiger partial charge on any atom is -0.328 e. The van der Waals surface area contributed by atoms with Gasteiger partial charge in [-0.3, -0.25) is 0 Å². The highest BCUT2D eigenvalue weighted by Crippen LogP contribution is 2.19. The van der Waals surface area contributed by atoms with E-state index in [9.17, 15) is 4.39 Å². The van der Waals surface area contributed by atoms with Crippen LogP contribution in [0.25, 0.3) is 5.69 Å². The van der Waals surface area contributed by atoms with Gasteiger partial charge < -0.3 is 10.3 Å². The Balaban J connectivity index is 2.48. The van der Waals surface area contributed by atoms with Gasteiger partial charge in [-0.05, 0) is 25.5 Å². The zero-order valence-corrected chi connectivity index (χ0v) is 9.10. The van der Waals surface area contributed by atoms with Crippen molar-refractivity contribution in [3.05, 3.63) is 48.3 Å². The van der Waals surface area contributed by atoms with Crippen LogP contribution >= 0.6 is 0 Å². The maximum Gasteiger partial charge on any atom is 0.128 e. The molecule has 0 saturated heterocycles. The molecule has 0 amide bonds. The molecule has 0 aliphatic rings. The summed E-state index contributed by atoms with van der Waals surface area (Å²) in [7, 11) is 0. The fraction of sp³-hybridized carbons (Fsp3) is 0.250. The van der Waals surface area contributed by atoms with Crippen LogP contribution in [-0.2, 0) is 6.42 Å². The predicted molar refractivity (Wildman–Crippen MR) is 60.9 cm³/mol. The first-order chi connectivity index (χ1) is 7.68. The second kappa shape index (κ2) is 4.45. The normalized spacial score (nSPS) is 12.7. The number of benzene rings is 1. The van der Waals surface area contributed by atoms with Crippen molar-refractivity contribution in [2.75, 3.05) is 0 Å². The van der Waals surface area contributed by atoms with Crippen LogP contribution in [0.5, 0.6) is 0 Å². The number of halogens is 1. The molecule has 2 aromatic rings. The Morgan fingerprint density at radius 3 is 2.94 bits per heavy atom. The monoisotopic (exact) mass is 219 g/mol. The maximum absolute atomic E-state index is 13.7. The average molecular weight is 219 g/mol. The molecule has 0 saturated carbocycles. The number of hydrogen-bond donors (Lipinski definition) is 1. The first kappa shape index (κ1) is 10.8. The molecule has 2 N–H and O–H groups in total. The molecule has 1 unspecified atom stereocenters. The van der Waals surface area contributed by atoms with Crippen molar-refractivity contribution in [3.8, 4) is 5.69 Å². The molecule has 0 spiro atoms. The van der Waals surface area contributed by atoms with Crippen LogP contribution in [0, 0.1) is 5.82 Å². The van der Waals surface area contributed by atoms with Gasteiger partial charge in [0.25, 0.3) is 0 Å². The molecule has 1 heterocycles. The quantitative estimate of drug-likeness (QED) is 0.856. The van der Waals surface area contributed by atoms with Crippen LogP contribution in [0.2, 0.25) is 0 Å². The molecular weight excluding hydrogens is 205 g/mol. The zero-order chi connectivity index (χ0) is 11.5. The lowest BCUT2D eigenvalue weighted by molar-refractivity contribution is 0.593. The average Bonchev–Trinajstić information content (AvgIpc) is 2.73. The lowest BCUT2D eigenvalue weighted by Crippen LogP contribution is -2.19. The van der Waals surface area contributed by atoms with E-state index >= 15 is 0 Å². The molecular formula is C12H14FN3. The Kier molecular flexibility index (Phi) is 3.01. The minimum atomic E-state index is -0.219. The highest BCUT2D eigenvalue weighted by molar-refractivity contribution is 5.42. The smallest absolute Gasteiger partial charge is 0.128 e. The maximum atomic E-state index is 13.7. The Bertz CT molecular complexity index is 463. The molecule has 0 aliphatic heterocycles. The topological polar surface area (TPSA) is 43.8 Å². The molecule has 0 bridgehead atoms. The molecule has 16 heavy (non-hydrogen) atoms. The van der Waals surface area contributed by atoms with Crippen molar-refractivity contribution in [2.45, 2.75) is 19.4 Å². The fourth-order valence-corrected chi connectivity index (χ4v) is 1.71. The number of rotatable bonds is 3. The SMILES string of the molecule is CC(N)Cc1c(F)cccc1-n1ccnc1. The summed E-state index contributed by atoms with van der Waals surface area (Å²) in [6, 6.07) is 4.94. The van der Waals surface area contributed by atoms with Crippen molar-refractivity contribution < 1.29 is 4.39 Å². The molecule has 0 radical (unpaired) electrons. The van der Waals surface area contributed by atoms with Crippen molar-refractivity contribution in [1.29, 1.82) is 0 Å². The third kappa shape index (κ3) is 2.12. The van der Waals surface area contributed by atoms with Gasteiger partial charge in [0.2, 0.25) is 0 Å². The molecule has 1 atom stereocenters. The van der Waals surface area contributed by atoms with Crippen LogP contribution < -0.4 is 5.73 Å². The Morgan fingerprint density at radius 2 is 2.31 bits per heavy atom. The highest BCUT2D eigenvalue weighted by atomic mass is 19.1. The summed E-state index contributed by atoms with van der Waals surface area (Å²) < 4.78 is 15.5. The highest BCUT2D eigenvalue weighted by Gasteiger charge is 2.11. The Hall–Kier alpha value is -1.68. The number of aromatic nitrogens is 2. The van der Waals surface area contributed by atoms with Crippen LogP contribution in [0.4, 0.5) is 4.39 Å². The van der Waals surface area contributed by atoms with Gasteiger partial charge in [0.15, 0.2) is 0 Å². The zero-order valence-electron chi connectivity index (χ0n) is 9.10. The first-order valence-corrected chi connectivity index (χ1v) is 5.20. The van der Waals surface area contributed by atoms with E-state index in [-0.39, 0.29) is 11.9 Å². The van der Waals surface area contributed by atoms with Crippen molar-refractivity contribution >= 4 is 0 Å². The van der Waals surface area contributed by atoms with Crippen molar-refractivity contribution in [3.63, 3.8) is 0 Å². The summed E-state index contributed by atoms with van der Waals surface area (Å²) in [5.41, 5.74) is 7.16. The molecule has 84 valence electrons. The lowest BCUT2D eigenvalue weighted by atomic mass is 10.0. The number of nitrogens with two attached hydrogens (primary N) is 1. The fourth-order valence-electron chi connectivity index (χ4n) is 1.71. The van der Waals surface area contributed by atoms with Crippen molar-refractivity contribution in [2.24, 2.45) is 5.73 Å². The minimum absolute atomic E-state index is 0.0702. The molecule has 1 aromatic carbocycles. The number of hydrogen-bond acceptors (Lipinski definition) is 2. The van der Waals surface area contributed by atoms with Gasteiger partial charge in [0, 0.05) is 24.0 Å². The summed E-state index contributed by atoms with van der Waals surface area (Å²) in [6.45, 7) is 1.87. The molecule has 1 aromatic heterocycles. The van der Waals surface area contributed by atoms with Gasteiger partial charge in [-0.25, -0.2) is 9.37 Å². The third-order valence-corrected chi connectivity index (χ3v) is 2.40. The van der Waals surface area contributed by atoms with E-state index in [0.717, 1.165) is 5.69 Å². The standard InChI is InChI=1S/C12H14FN3/c1-9(14)7-10-11(13)3-2-4-12(10)16-6-5-15-8-16/h2-6,8-9H,7,14H2,1H3. The van der Waals surface area contributed by atoms with E-state index in [1.54, 1.807) is 29.4 Å². The van der Waals surface area contributed by atoms with E-state index in [2.05, 4.69) is 4.98 Å². The number of imidazole rings is 1. The summed E-state index contributed by atoms with van der Waals surface area (Å²) in [6.07, 6.45) is 5.62. The second-order valence-electron chi connectivity index (χ2n) is 3.89. The van der Waals surface area contributed by atoms with E-state index in [1.807, 2.05) is 13.0 Å².